The van der Waals surface area contributed by atoms with Crippen molar-refractivity contribution in [1.29, 1.82) is 5.26 Å². The predicted molar refractivity (Wildman–Crippen MR) is 96.5 cm³/mol. The van der Waals surface area contributed by atoms with E-state index in [0.29, 0.717) is 12.5 Å². The maximum atomic E-state index is 12.0. The molecule has 0 fully saturated rings. The van der Waals surface area contributed by atoms with Crippen LogP contribution in [0.15, 0.2) is 24.3 Å². The fourth-order valence-electron chi connectivity index (χ4n) is 2.36. The van der Waals surface area contributed by atoms with Gasteiger partial charge in [0.15, 0.2) is 6.61 Å². The Bertz CT molecular complexity index is 721. The van der Waals surface area contributed by atoms with E-state index in [2.05, 4.69) is 30.3 Å². The molecule has 0 bridgehead atoms. The summed E-state index contributed by atoms with van der Waals surface area (Å²) in [6.07, 6.45) is 3.02. The van der Waals surface area contributed by atoms with Crippen LogP contribution in [0.2, 0.25) is 0 Å². The minimum atomic E-state index is -0.815. The smallest absolute Gasteiger partial charge is 0.349 e. The highest BCUT2D eigenvalue weighted by molar-refractivity contribution is 5.99. The van der Waals surface area contributed by atoms with Crippen molar-refractivity contribution >= 4 is 18.0 Å². The van der Waals surface area contributed by atoms with E-state index in [4.69, 9.17) is 4.74 Å². The molecule has 6 nitrogen and oxygen atoms in total. The lowest BCUT2D eigenvalue weighted by molar-refractivity contribution is -0.144. The number of hydrogen-bond donors (Lipinski definition) is 1. The first-order valence-corrected chi connectivity index (χ1v) is 8.13. The lowest BCUT2D eigenvalue weighted by atomic mass is 10.1. The van der Waals surface area contributed by atoms with Gasteiger partial charge in [0.2, 0.25) is 0 Å². The molecule has 0 saturated carbocycles. The predicted octanol–water partition coefficient (Wildman–Crippen LogP) is 2.51. The fraction of sp³-hybridized carbons (Fsp3) is 0.421. The maximum Gasteiger partial charge on any atom is 0.349 e. The largest absolute Gasteiger partial charge is 0.451 e. The molecule has 1 heterocycles. The van der Waals surface area contributed by atoms with Crippen LogP contribution in [0.1, 0.15) is 30.8 Å². The molecule has 0 aliphatic carbocycles. The summed E-state index contributed by atoms with van der Waals surface area (Å²) in [7, 11) is 0. The number of carbonyl (C=O) groups is 2. The van der Waals surface area contributed by atoms with Gasteiger partial charge in [0.1, 0.15) is 11.6 Å². The quantitative estimate of drug-likeness (QED) is 0.340. The van der Waals surface area contributed by atoms with Crippen molar-refractivity contribution in [1.82, 2.24) is 9.88 Å². The Morgan fingerprint density at radius 2 is 2.12 bits per heavy atom. The number of nitriles is 1. The number of aromatic nitrogens is 1. The Labute approximate surface area is 148 Å². The molecule has 0 aliphatic rings. The molecule has 0 radical (unpaired) electrons. The Morgan fingerprint density at radius 1 is 1.44 bits per heavy atom. The van der Waals surface area contributed by atoms with Crippen LogP contribution in [-0.2, 0) is 20.9 Å². The van der Waals surface area contributed by atoms with Crippen LogP contribution in [-0.4, -0.2) is 29.6 Å². The molecule has 1 amide bonds. The van der Waals surface area contributed by atoms with Crippen molar-refractivity contribution in [2.75, 3.05) is 13.2 Å². The summed E-state index contributed by atoms with van der Waals surface area (Å²) in [6, 6.07) is 3.77. The first-order chi connectivity index (χ1) is 11.8. The molecule has 1 rings (SSSR count). The molecular formula is C19H25N3O3. The minimum absolute atomic E-state index is 0.138. The lowest BCUT2D eigenvalue weighted by Crippen LogP contribution is -2.28. The summed E-state index contributed by atoms with van der Waals surface area (Å²) >= 11 is 0. The van der Waals surface area contributed by atoms with E-state index >= 15 is 0 Å². The third-order valence-corrected chi connectivity index (χ3v) is 3.58. The van der Waals surface area contributed by atoms with Gasteiger partial charge < -0.3 is 14.6 Å². The van der Waals surface area contributed by atoms with Crippen LogP contribution in [0.25, 0.3) is 6.08 Å². The summed E-state index contributed by atoms with van der Waals surface area (Å²) < 4.78 is 7.04. The van der Waals surface area contributed by atoms with Gasteiger partial charge >= 0.3 is 5.97 Å². The molecule has 0 unspecified atom stereocenters. The monoisotopic (exact) mass is 343 g/mol. The molecule has 1 aromatic rings. The van der Waals surface area contributed by atoms with Crippen LogP contribution in [0, 0.1) is 31.1 Å². The summed E-state index contributed by atoms with van der Waals surface area (Å²) in [5.74, 6) is -0.776. The maximum absolute atomic E-state index is 12.0. The van der Waals surface area contributed by atoms with E-state index in [1.54, 1.807) is 0 Å². The summed E-state index contributed by atoms with van der Waals surface area (Å²) in [6.45, 7) is 12.4. The third-order valence-electron chi connectivity index (χ3n) is 3.58. The number of aryl methyl sites for hydroxylation is 1. The fourth-order valence-corrected chi connectivity index (χ4v) is 2.36. The number of esters is 1. The minimum Gasteiger partial charge on any atom is -0.451 e. The highest BCUT2D eigenvalue weighted by Crippen LogP contribution is 2.20. The van der Waals surface area contributed by atoms with Crippen molar-refractivity contribution in [3.05, 3.63) is 41.2 Å². The summed E-state index contributed by atoms with van der Waals surface area (Å²) in [4.78, 5) is 23.5. The van der Waals surface area contributed by atoms with Gasteiger partial charge in [-0.15, -0.1) is 6.58 Å². The molecule has 0 spiro atoms. The van der Waals surface area contributed by atoms with Crippen LogP contribution in [0.4, 0.5) is 0 Å². The Kier molecular flexibility index (Phi) is 7.67. The van der Waals surface area contributed by atoms with E-state index in [1.807, 2.05) is 26.0 Å². The van der Waals surface area contributed by atoms with Crippen molar-refractivity contribution in [2.45, 2.75) is 34.2 Å². The zero-order valence-electron chi connectivity index (χ0n) is 15.3. The third kappa shape index (κ3) is 5.96. The van der Waals surface area contributed by atoms with Gasteiger partial charge in [-0.1, -0.05) is 19.9 Å². The number of hydrogen-bond acceptors (Lipinski definition) is 4. The van der Waals surface area contributed by atoms with Crippen molar-refractivity contribution < 1.29 is 14.3 Å². The van der Waals surface area contributed by atoms with E-state index in [1.165, 1.54) is 12.2 Å². The summed E-state index contributed by atoms with van der Waals surface area (Å²) in [5, 5.41) is 11.7. The average Bonchev–Trinajstić information content (AvgIpc) is 2.82. The van der Waals surface area contributed by atoms with Gasteiger partial charge in [-0.2, -0.15) is 5.26 Å². The molecule has 0 saturated heterocycles. The van der Waals surface area contributed by atoms with E-state index in [9.17, 15) is 14.9 Å². The normalized spacial score (nSPS) is 11.1. The van der Waals surface area contributed by atoms with Crippen LogP contribution in [0.5, 0.6) is 0 Å². The number of carbonyl (C=O) groups excluding carboxylic acids is 2. The second-order valence-electron chi connectivity index (χ2n) is 6.17. The van der Waals surface area contributed by atoms with Gasteiger partial charge in [0.25, 0.3) is 5.91 Å². The van der Waals surface area contributed by atoms with Crippen LogP contribution >= 0.6 is 0 Å². The van der Waals surface area contributed by atoms with Gasteiger partial charge in [0, 0.05) is 24.5 Å². The second kappa shape index (κ2) is 9.48. The number of ether oxygens (including phenoxy) is 1. The molecule has 134 valence electrons. The zero-order valence-corrected chi connectivity index (χ0v) is 15.3. The molecule has 0 atom stereocenters. The SMILES string of the molecule is C=CCNC(=O)COC(=O)C(C#N)=Cc1cc(C)n(CC(C)C)c1C. The number of rotatable bonds is 8. The Hall–Kier alpha value is -2.81. The molecule has 0 aromatic carbocycles. The van der Waals surface area contributed by atoms with Crippen molar-refractivity contribution in [3.63, 3.8) is 0 Å². The van der Waals surface area contributed by atoms with Crippen molar-refractivity contribution in [2.24, 2.45) is 5.92 Å². The Morgan fingerprint density at radius 3 is 2.68 bits per heavy atom. The van der Waals surface area contributed by atoms with E-state index in [0.717, 1.165) is 23.5 Å². The van der Waals surface area contributed by atoms with Crippen LogP contribution in [0.3, 0.4) is 0 Å². The first-order valence-electron chi connectivity index (χ1n) is 8.13. The molecular weight excluding hydrogens is 318 g/mol. The number of nitrogens with zero attached hydrogens (tertiary/aromatic N) is 2. The van der Waals surface area contributed by atoms with E-state index < -0.39 is 18.5 Å². The second-order valence-corrected chi connectivity index (χ2v) is 6.17. The topological polar surface area (TPSA) is 84.1 Å². The van der Waals surface area contributed by atoms with Crippen molar-refractivity contribution in [3.8, 4) is 6.07 Å². The van der Waals surface area contributed by atoms with Gasteiger partial charge in [-0.3, -0.25) is 4.79 Å². The van der Waals surface area contributed by atoms with Gasteiger partial charge in [-0.05, 0) is 37.5 Å². The lowest BCUT2D eigenvalue weighted by Gasteiger charge is -2.12. The molecule has 0 aliphatic heterocycles. The van der Waals surface area contributed by atoms with E-state index in [-0.39, 0.29) is 5.57 Å². The van der Waals surface area contributed by atoms with Crippen LogP contribution < -0.4 is 5.32 Å². The summed E-state index contributed by atoms with van der Waals surface area (Å²) in [5.41, 5.74) is 2.70. The highest BCUT2D eigenvalue weighted by atomic mass is 16.5. The molecule has 1 aromatic heterocycles. The standard InChI is InChI=1S/C19H25N3O3/c1-6-7-21-18(23)12-25-19(24)17(10-20)9-16-8-14(4)22(15(16)5)11-13(2)3/h6,8-9,13H,1,7,11-12H2,2-5H3,(H,21,23). The zero-order chi connectivity index (χ0) is 19.0. The van der Waals surface area contributed by atoms with Gasteiger partial charge in [0.05, 0.1) is 0 Å². The Balaban J connectivity index is 2.89. The molecule has 6 heteroatoms. The number of amides is 1. The molecule has 1 N–H and O–H groups in total. The number of nitrogens with one attached hydrogen (secondary N) is 1. The first kappa shape index (κ1) is 20.2. The highest BCUT2D eigenvalue weighted by Gasteiger charge is 2.15. The average molecular weight is 343 g/mol. The van der Waals surface area contributed by atoms with Gasteiger partial charge in [-0.25, -0.2) is 4.79 Å². The molecule has 25 heavy (non-hydrogen) atoms.